The smallest absolute Gasteiger partial charge is 0.234 e. The molecule has 25 heavy (non-hydrogen) atoms. The third-order valence-electron chi connectivity index (χ3n) is 3.80. The number of aromatic nitrogens is 2. The van der Waals surface area contributed by atoms with Crippen LogP contribution in [0.25, 0.3) is 21.8 Å². The molecular formula is C19H14ClN3OS. The highest BCUT2D eigenvalue weighted by molar-refractivity contribution is 7.99. The van der Waals surface area contributed by atoms with Crippen LogP contribution in [0, 0.1) is 0 Å². The first-order valence-electron chi connectivity index (χ1n) is 7.74. The summed E-state index contributed by atoms with van der Waals surface area (Å²) in [7, 11) is 0. The topological polar surface area (TPSA) is 57.8 Å². The van der Waals surface area contributed by atoms with Crippen molar-refractivity contribution in [3.8, 4) is 0 Å². The largest absolute Gasteiger partial charge is 0.333 e. The number of carbonyl (C=O) groups excluding carboxylic acids is 1. The van der Waals surface area contributed by atoms with Gasteiger partial charge in [0.05, 0.1) is 16.8 Å². The number of nitrogens with zero attached hydrogens (tertiary/aromatic N) is 1. The van der Waals surface area contributed by atoms with E-state index in [2.05, 4.69) is 15.3 Å². The molecule has 6 heteroatoms. The molecule has 2 N–H and O–H groups in total. The van der Waals surface area contributed by atoms with Gasteiger partial charge < -0.3 is 10.3 Å². The SMILES string of the molecule is O=C(CSc1nc2ccc(Cl)cc2[nH]1)Nc1ccc2ccccc2c1. The average Bonchev–Trinajstić information content (AvgIpc) is 3.02. The molecule has 4 aromatic rings. The van der Waals surface area contributed by atoms with Gasteiger partial charge in [0.1, 0.15) is 0 Å². The van der Waals surface area contributed by atoms with Crippen molar-refractivity contribution in [1.29, 1.82) is 0 Å². The molecule has 1 heterocycles. The molecular weight excluding hydrogens is 354 g/mol. The zero-order chi connectivity index (χ0) is 17.2. The molecule has 0 radical (unpaired) electrons. The third kappa shape index (κ3) is 3.62. The first-order valence-corrected chi connectivity index (χ1v) is 9.10. The zero-order valence-electron chi connectivity index (χ0n) is 13.1. The third-order valence-corrected chi connectivity index (χ3v) is 4.90. The molecule has 1 aromatic heterocycles. The maximum atomic E-state index is 12.2. The molecule has 124 valence electrons. The van der Waals surface area contributed by atoms with Crippen LogP contribution in [0.4, 0.5) is 5.69 Å². The Balaban J connectivity index is 1.42. The molecule has 3 aromatic carbocycles. The highest BCUT2D eigenvalue weighted by Crippen LogP contribution is 2.23. The van der Waals surface area contributed by atoms with Gasteiger partial charge in [0, 0.05) is 10.7 Å². The Morgan fingerprint density at radius 2 is 1.92 bits per heavy atom. The van der Waals surface area contributed by atoms with Gasteiger partial charge in [-0.25, -0.2) is 4.98 Å². The van der Waals surface area contributed by atoms with Gasteiger partial charge in [-0.3, -0.25) is 4.79 Å². The second kappa shape index (κ2) is 6.78. The van der Waals surface area contributed by atoms with Gasteiger partial charge in [0.15, 0.2) is 5.16 Å². The summed E-state index contributed by atoms with van der Waals surface area (Å²) in [6.07, 6.45) is 0. The van der Waals surface area contributed by atoms with Gasteiger partial charge in [0.2, 0.25) is 5.91 Å². The minimum atomic E-state index is -0.0706. The lowest BCUT2D eigenvalue weighted by Gasteiger charge is -2.06. The molecule has 0 spiro atoms. The number of imidazole rings is 1. The van der Waals surface area contributed by atoms with Crippen LogP contribution in [-0.4, -0.2) is 21.6 Å². The Morgan fingerprint density at radius 3 is 2.80 bits per heavy atom. The fourth-order valence-corrected chi connectivity index (χ4v) is 3.48. The fourth-order valence-electron chi connectivity index (χ4n) is 2.62. The number of hydrogen-bond acceptors (Lipinski definition) is 3. The van der Waals surface area contributed by atoms with E-state index in [-0.39, 0.29) is 11.7 Å². The minimum absolute atomic E-state index is 0.0706. The highest BCUT2D eigenvalue weighted by Gasteiger charge is 2.08. The van der Waals surface area contributed by atoms with E-state index in [9.17, 15) is 4.79 Å². The molecule has 0 fully saturated rings. The van der Waals surface area contributed by atoms with E-state index in [1.807, 2.05) is 54.6 Å². The molecule has 0 aliphatic heterocycles. The summed E-state index contributed by atoms with van der Waals surface area (Å²) in [5.74, 6) is 0.208. The lowest BCUT2D eigenvalue weighted by atomic mass is 10.1. The molecule has 0 aliphatic carbocycles. The number of H-pyrrole nitrogens is 1. The number of nitrogens with one attached hydrogen (secondary N) is 2. The fraction of sp³-hybridized carbons (Fsp3) is 0.0526. The normalized spacial score (nSPS) is 11.1. The van der Waals surface area contributed by atoms with E-state index in [1.165, 1.54) is 11.8 Å². The van der Waals surface area contributed by atoms with E-state index in [4.69, 9.17) is 11.6 Å². The summed E-state index contributed by atoms with van der Waals surface area (Å²) >= 11 is 7.33. The van der Waals surface area contributed by atoms with Crippen molar-refractivity contribution in [1.82, 2.24) is 9.97 Å². The maximum Gasteiger partial charge on any atom is 0.234 e. The minimum Gasteiger partial charge on any atom is -0.333 e. The number of fused-ring (bicyclic) bond motifs is 2. The van der Waals surface area contributed by atoms with Crippen LogP contribution in [0.3, 0.4) is 0 Å². The number of rotatable bonds is 4. The Labute approximate surface area is 153 Å². The molecule has 0 aliphatic rings. The Bertz CT molecular complexity index is 1080. The number of aromatic amines is 1. The molecule has 0 unspecified atom stereocenters. The van der Waals surface area contributed by atoms with Gasteiger partial charge in [-0.2, -0.15) is 0 Å². The summed E-state index contributed by atoms with van der Waals surface area (Å²) < 4.78 is 0. The number of hydrogen-bond donors (Lipinski definition) is 2. The number of thioether (sulfide) groups is 1. The standard InChI is InChI=1S/C19H14ClN3OS/c20-14-6-8-16-17(10-14)23-19(22-16)25-11-18(24)21-15-7-5-12-3-1-2-4-13(12)9-15/h1-10H,11H2,(H,21,24)(H,22,23). The number of anilines is 1. The van der Waals surface area contributed by atoms with Crippen molar-refractivity contribution in [2.75, 3.05) is 11.1 Å². The molecule has 0 bridgehead atoms. The predicted octanol–water partition coefficient (Wildman–Crippen LogP) is 5.10. The lowest BCUT2D eigenvalue weighted by Crippen LogP contribution is -2.14. The van der Waals surface area contributed by atoms with Crippen LogP contribution in [-0.2, 0) is 4.79 Å². The van der Waals surface area contributed by atoms with Crippen molar-refractivity contribution < 1.29 is 4.79 Å². The zero-order valence-corrected chi connectivity index (χ0v) is 14.7. The number of carbonyl (C=O) groups is 1. The average molecular weight is 368 g/mol. The van der Waals surface area contributed by atoms with E-state index in [0.717, 1.165) is 27.5 Å². The predicted molar refractivity (Wildman–Crippen MR) is 104 cm³/mol. The summed E-state index contributed by atoms with van der Waals surface area (Å²) in [5.41, 5.74) is 2.49. The van der Waals surface area contributed by atoms with E-state index < -0.39 is 0 Å². The molecule has 4 rings (SSSR count). The Kier molecular flexibility index (Phi) is 4.34. The van der Waals surface area contributed by atoms with Crippen LogP contribution < -0.4 is 5.32 Å². The quantitative estimate of drug-likeness (QED) is 0.493. The van der Waals surface area contributed by atoms with E-state index in [1.54, 1.807) is 6.07 Å². The highest BCUT2D eigenvalue weighted by atomic mass is 35.5. The number of amides is 1. The summed E-state index contributed by atoms with van der Waals surface area (Å²) in [6, 6.07) is 19.4. The Hall–Kier alpha value is -2.50. The summed E-state index contributed by atoms with van der Waals surface area (Å²) in [6.45, 7) is 0. The van der Waals surface area contributed by atoms with Gasteiger partial charge in [-0.1, -0.05) is 53.7 Å². The van der Waals surface area contributed by atoms with Crippen LogP contribution in [0.5, 0.6) is 0 Å². The van der Waals surface area contributed by atoms with Crippen molar-refractivity contribution >= 4 is 56.8 Å². The van der Waals surface area contributed by atoms with Crippen molar-refractivity contribution in [3.63, 3.8) is 0 Å². The Morgan fingerprint density at radius 1 is 1.08 bits per heavy atom. The van der Waals surface area contributed by atoms with Crippen molar-refractivity contribution in [2.45, 2.75) is 5.16 Å². The van der Waals surface area contributed by atoms with Crippen molar-refractivity contribution in [3.05, 3.63) is 65.7 Å². The molecule has 0 atom stereocenters. The van der Waals surface area contributed by atoms with Crippen molar-refractivity contribution in [2.24, 2.45) is 0 Å². The molecule has 4 nitrogen and oxygen atoms in total. The first kappa shape index (κ1) is 16.0. The van der Waals surface area contributed by atoms with Gasteiger partial charge >= 0.3 is 0 Å². The van der Waals surface area contributed by atoms with Crippen LogP contribution in [0.15, 0.2) is 65.8 Å². The van der Waals surface area contributed by atoms with Gasteiger partial charge in [-0.05, 0) is 41.1 Å². The second-order valence-electron chi connectivity index (χ2n) is 5.60. The second-order valence-corrected chi connectivity index (χ2v) is 7.00. The molecule has 0 saturated carbocycles. The molecule has 1 amide bonds. The van der Waals surface area contributed by atoms with Crippen LogP contribution >= 0.6 is 23.4 Å². The first-order chi connectivity index (χ1) is 12.2. The van der Waals surface area contributed by atoms with Gasteiger partial charge in [0.25, 0.3) is 0 Å². The maximum absolute atomic E-state index is 12.2. The summed E-state index contributed by atoms with van der Waals surface area (Å²) in [4.78, 5) is 19.8. The van der Waals surface area contributed by atoms with Gasteiger partial charge in [-0.15, -0.1) is 0 Å². The lowest BCUT2D eigenvalue weighted by molar-refractivity contribution is -0.113. The summed E-state index contributed by atoms with van der Waals surface area (Å²) in [5, 5.41) is 6.53. The molecule has 0 saturated heterocycles. The number of benzene rings is 3. The monoisotopic (exact) mass is 367 g/mol. The van der Waals surface area contributed by atoms with E-state index >= 15 is 0 Å². The van der Waals surface area contributed by atoms with Crippen LogP contribution in [0.2, 0.25) is 5.02 Å². The van der Waals surface area contributed by atoms with E-state index in [0.29, 0.717) is 10.2 Å². The number of halogens is 1. The van der Waals surface area contributed by atoms with Crippen LogP contribution in [0.1, 0.15) is 0 Å².